The number of aliphatic hydroxyl groups is 2. The third-order valence-electron chi connectivity index (χ3n) is 4.72. The van der Waals surface area contributed by atoms with Gasteiger partial charge in [0, 0.05) is 24.8 Å². The number of anilines is 1. The minimum absolute atomic E-state index is 0.0838. The normalized spacial score (nSPS) is 16.2. The van der Waals surface area contributed by atoms with Crippen LogP contribution in [0.15, 0.2) is 30.5 Å². The number of aromatic nitrogens is 2. The van der Waals surface area contributed by atoms with Crippen LogP contribution in [0.2, 0.25) is 0 Å². The van der Waals surface area contributed by atoms with Crippen molar-refractivity contribution in [2.45, 2.75) is 25.4 Å². The topological polar surface area (TPSA) is 116 Å². The first-order valence-corrected chi connectivity index (χ1v) is 8.87. The molecule has 8 nitrogen and oxygen atoms in total. The summed E-state index contributed by atoms with van der Waals surface area (Å²) in [6.45, 7) is 2.99. The van der Waals surface area contributed by atoms with Gasteiger partial charge in [-0.2, -0.15) is 0 Å². The molecule has 1 saturated heterocycles. The maximum Gasteiger partial charge on any atom is 0.339 e. The minimum Gasteiger partial charge on any atom is -0.493 e. The standard InChI is InChI=1S/C19H23N3O5/c1-2-27-16-4-3-13(11-14(16)17(24)25)15-5-8-20-18(21-15)22-9-6-19(26,12-23)7-10-22/h3-5,8,11,23,26H,2,6-7,9-10,12H2,1H3,(H,24,25). The maximum absolute atomic E-state index is 11.5. The minimum atomic E-state index is -1.06. The molecule has 0 atom stereocenters. The van der Waals surface area contributed by atoms with Gasteiger partial charge in [0.25, 0.3) is 0 Å². The van der Waals surface area contributed by atoms with E-state index in [4.69, 9.17) is 4.74 Å². The van der Waals surface area contributed by atoms with Crippen LogP contribution in [0, 0.1) is 0 Å². The number of aromatic carboxylic acids is 1. The van der Waals surface area contributed by atoms with Crippen molar-refractivity contribution < 1.29 is 24.9 Å². The van der Waals surface area contributed by atoms with Crippen molar-refractivity contribution in [3.05, 3.63) is 36.0 Å². The molecule has 1 fully saturated rings. The number of benzene rings is 1. The number of hydrogen-bond acceptors (Lipinski definition) is 7. The number of rotatable bonds is 6. The Balaban J connectivity index is 1.86. The van der Waals surface area contributed by atoms with Crippen LogP contribution in [0.3, 0.4) is 0 Å². The monoisotopic (exact) mass is 373 g/mol. The fraction of sp³-hybridized carbons (Fsp3) is 0.421. The summed E-state index contributed by atoms with van der Waals surface area (Å²) in [6.07, 6.45) is 2.49. The van der Waals surface area contributed by atoms with E-state index in [1.54, 1.807) is 37.4 Å². The lowest BCUT2D eigenvalue weighted by Gasteiger charge is -2.37. The van der Waals surface area contributed by atoms with E-state index in [9.17, 15) is 20.1 Å². The van der Waals surface area contributed by atoms with Gasteiger partial charge in [0.2, 0.25) is 5.95 Å². The molecule has 0 unspecified atom stereocenters. The van der Waals surface area contributed by atoms with Crippen molar-refractivity contribution in [3.63, 3.8) is 0 Å². The lowest BCUT2D eigenvalue weighted by atomic mass is 9.93. The molecular weight excluding hydrogens is 350 g/mol. The van der Waals surface area contributed by atoms with Crippen molar-refractivity contribution in [2.24, 2.45) is 0 Å². The smallest absolute Gasteiger partial charge is 0.339 e. The van der Waals surface area contributed by atoms with Crippen molar-refractivity contribution in [3.8, 4) is 17.0 Å². The Hall–Kier alpha value is -2.71. The van der Waals surface area contributed by atoms with Crippen LogP contribution in [0.1, 0.15) is 30.1 Å². The SMILES string of the molecule is CCOc1ccc(-c2ccnc(N3CCC(O)(CO)CC3)n2)cc1C(=O)O. The molecule has 2 heterocycles. The molecule has 27 heavy (non-hydrogen) atoms. The maximum atomic E-state index is 11.5. The van der Waals surface area contributed by atoms with E-state index >= 15 is 0 Å². The largest absolute Gasteiger partial charge is 0.493 e. The van der Waals surface area contributed by atoms with Gasteiger partial charge in [-0.05, 0) is 44.0 Å². The van der Waals surface area contributed by atoms with E-state index in [2.05, 4.69) is 9.97 Å². The number of ether oxygens (including phenoxy) is 1. The summed E-state index contributed by atoms with van der Waals surface area (Å²) in [7, 11) is 0. The van der Waals surface area contributed by atoms with Crippen LogP contribution in [-0.4, -0.2) is 63.2 Å². The second-order valence-electron chi connectivity index (χ2n) is 6.56. The molecular formula is C19H23N3O5. The van der Waals surface area contributed by atoms with Crippen LogP contribution in [0.4, 0.5) is 5.95 Å². The van der Waals surface area contributed by atoms with Gasteiger partial charge in [-0.3, -0.25) is 0 Å². The Morgan fingerprint density at radius 1 is 1.30 bits per heavy atom. The first kappa shape index (κ1) is 19.1. The molecule has 1 aliphatic heterocycles. The second kappa shape index (κ2) is 7.89. The van der Waals surface area contributed by atoms with Crippen LogP contribution < -0.4 is 9.64 Å². The summed E-state index contributed by atoms with van der Waals surface area (Å²) >= 11 is 0. The van der Waals surface area contributed by atoms with E-state index in [0.29, 0.717) is 55.5 Å². The molecule has 3 rings (SSSR count). The number of nitrogens with zero attached hydrogens (tertiary/aromatic N) is 3. The quantitative estimate of drug-likeness (QED) is 0.699. The lowest BCUT2D eigenvalue weighted by Crippen LogP contribution is -2.47. The molecule has 3 N–H and O–H groups in total. The van der Waals surface area contributed by atoms with E-state index in [1.165, 1.54) is 0 Å². The van der Waals surface area contributed by atoms with Crippen LogP contribution in [0.5, 0.6) is 5.75 Å². The third kappa shape index (κ3) is 4.17. The van der Waals surface area contributed by atoms with Gasteiger partial charge in [-0.15, -0.1) is 0 Å². The number of hydrogen-bond donors (Lipinski definition) is 3. The number of carboxylic acid groups (broad SMARTS) is 1. The average Bonchev–Trinajstić information content (AvgIpc) is 2.69. The Morgan fingerprint density at radius 2 is 2.04 bits per heavy atom. The van der Waals surface area contributed by atoms with Crippen molar-refractivity contribution >= 4 is 11.9 Å². The predicted octanol–water partition coefficient (Wildman–Crippen LogP) is 1.56. The fourth-order valence-corrected chi connectivity index (χ4v) is 3.08. The predicted molar refractivity (Wildman–Crippen MR) is 99.1 cm³/mol. The molecule has 2 aromatic rings. The zero-order valence-electron chi connectivity index (χ0n) is 15.1. The summed E-state index contributed by atoms with van der Waals surface area (Å²) < 4.78 is 5.37. The molecule has 144 valence electrons. The number of carbonyl (C=O) groups is 1. The lowest BCUT2D eigenvalue weighted by molar-refractivity contribution is -0.0327. The zero-order valence-corrected chi connectivity index (χ0v) is 15.1. The van der Waals surface area contributed by atoms with Gasteiger partial charge in [-0.1, -0.05) is 0 Å². The number of carboxylic acids is 1. The molecule has 8 heteroatoms. The second-order valence-corrected chi connectivity index (χ2v) is 6.56. The van der Waals surface area contributed by atoms with Gasteiger partial charge in [0.15, 0.2) is 0 Å². The van der Waals surface area contributed by atoms with Gasteiger partial charge in [-0.25, -0.2) is 14.8 Å². The summed E-state index contributed by atoms with van der Waals surface area (Å²) in [5.74, 6) is -0.227. The van der Waals surface area contributed by atoms with Crippen molar-refractivity contribution in [1.82, 2.24) is 9.97 Å². The van der Waals surface area contributed by atoms with E-state index in [-0.39, 0.29) is 12.2 Å². The molecule has 0 radical (unpaired) electrons. The van der Waals surface area contributed by atoms with Crippen molar-refractivity contribution in [1.29, 1.82) is 0 Å². The summed E-state index contributed by atoms with van der Waals surface area (Å²) in [4.78, 5) is 22.3. The molecule has 0 aliphatic carbocycles. The summed E-state index contributed by atoms with van der Waals surface area (Å²) in [6, 6.07) is 6.66. The Kier molecular flexibility index (Phi) is 5.57. The molecule has 0 saturated carbocycles. The number of piperidine rings is 1. The van der Waals surface area contributed by atoms with Gasteiger partial charge in [0.1, 0.15) is 11.3 Å². The highest BCUT2D eigenvalue weighted by Gasteiger charge is 2.32. The average molecular weight is 373 g/mol. The third-order valence-corrected chi connectivity index (χ3v) is 4.72. The number of aliphatic hydroxyl groups excluding tert-OH is 1. The molecule has 1 aromatic carbocycles. The van der Waals surface area contributed by atoms with Gasteiger partial charge in [0.05, 0.1) is 24.5 Å². The molecule has 0 amide bonds. The highest BCUT2D eigenvalue weighted by atomic mass is 16.5. The first-order chi connectivity index (χ1) is 13.0. The van der Waals surface area contributed by atoms with Gasteiger partial charge < -0.3 is 25.0 Å². The van der Waals surface area contributed by atoms with E-state index < -0.39 is 11.6 Å². The van der Waals surface area contributed by atoms with Crippen LogP contribution in [-0.2, 0) is 0 Å². The van der Waals surface area contributed by atoms with Crippen LogP contribution in [0.25, 0.3) is 11.3 Å². The molecule has 0 bridgehead atoms. The Morgan fingerprint density at radius 3 is 2.67 bits per heavy atom. The molecule has 1 aliphatic rings. The Bertz CT molecular complexity index is 819. The summed E-state index contributed by atoms with van der Waals surface area (Å²) in [5.41, 5.74) is 0.303. The molecule has 1 aromatic heterocycles. The highest BCUT2D eigenvalue weighted by molar-refractivity contribution is 5.92. The highest BCUT2D eigenvalue weighted by Crippen LogP contribution is 2.28. The molecule has 0 spiro atoms. The van der Waals surface area contributed by atoms with Gasteiger partial charge >= 0.3 is 5.97 Å². The fourth-order valence-electron chi connectivity index (χ4n) is 3.08. The first-order valence-electron chi connectivity index (χ1n) is 8.87. The van der Waals surface area contributed by atoms with Crippen molar-refractivity contribution in [2.75, 3.05) is 31.2 Å². The Labute approximate surface area is 157 Å². The zero-order chi connectivity index (χ0) is 19.4. The summed E-state index contributed by atoms with van der Waals surface area (Å²) in [5, 5.41) is 28.8. The van der Waals surface area contributed by atoms with E-state index in [1.807, 2.05) is 4.90 Å². The van der Waals surface area contributed by atoms with Crippen LogP contribution >= 0.6 is 0 Å². The van der Waals surface area contributed by atoms with E-state index in [0.717, 1.165) is 0 Å².